The Morgan fingerprint density at radius 2 is 2.28 bits per heavy atom. The van der Waals surface area contributed by atoms with E-state index in [1.807, 2.05) is 7.05 Å². The second kappa shape index (κ2) is 4.58. The van der Waals surface area contributed by atoms with Gasteiger partial charge in [0.15, 0.2) is 0 Å². The minimum atomic E-state index is 0.671. The molecular weight excluding hydrogens is 224 g/mol. The number of pyridine rings is 1. The normalized spacial score (nSPS) is 14.6. The van der Waals surface area contributed by atoms with Gasteiger partial charge in [-0.15, -0.1) is 0 Å². The van der Waals surface area contributed by atoms with Crippen LogP contribution in [0.25, 0.3) is 10.9 Å². The van der Waals surface area contributed by atoms with Crippen molar-refractivity contribution >= 4 is 16.6 Å². The Labute approximate surface area is 107 Å². The molecule has 2 aromatic rings. The minimum absolute atomic E-state index is 0.671. The highest BCUT2D eigenvalue weighted by molar-refractivity contribution is 5.95. The number of benzene rings is 1. The first-order valence-corrected chi connectivity index (χ1v) is 6.54. The monoisotopic (exact) mass is 242 g/mol. The molecule has 0 saturated heterocycles. The molecule has 0 radical (unpaired) electrons. The van der Waals surface area contributed by atoms with Crippen LogP contribution < -0.4 is 5.32 Å². The molecule has 0 aliphatic carbocycles. The van der Waals surface area contributed by atoms with Crippen LogP contribution in [0.5, 0.6) is 0 Å². The molecule has 2 heterocycles. The maximum atomic E-state index is 5.56. The molecule has 0 atom stereocenters. The maximum Gasteiger partial charge on any atom is 0.0758 e. The Morgan fingerprint density at radius 1 is 1.39 bits per heavy atom. The molecule has 94 valence electrons. The van der Waals surface area contributed by atoms with Gasteiger partial charge in [0, 0.05) is 24.4 Å². The van der Waals surface area contributed by atoms with Crippen LogP contribution in [0.15, 0.2) is 18.2 Å². The van der Waals surface area contributed by atoms with E-state index in [0.717, 1.165) is 25.0 Å². The second-order valence-corrected chi connectivity index (χ2v) is 4.63. The van der Waals surface area contributed by atoms with Crippen molar-refractivity contribution in [2.75, 3.05) is 19.0 Å². The molecule has 3 heteroatoms. The Balaban J connectivity index is 2.36. The van der Waals surface area contributed by atoms with Crippen molar-refractivity contribution in [2.24, 2.45) is 0 Å². The zero-order chi connectivity index (χ0) is 12.5. The van der Waals surface area contributed by atoms with Gasteiger partial charge in [0.1, 0.15) is 0 Å². The number of hydrogen-bond donors (Lipinski definition) is 1. The van der Waals surface area contributed by atoms with Crippen molar-refractivity contribution in [1.29, 1.82) is 0 Å². The number of aromatic nitrogens is 1. The lowest BCUT2D eigenvalue weighted by molar-refractivity contribution is 0.110. The summed E-state index contributed by atoms with van der Waals surface area (Å²) in [7, 11) is 1.97. The van der Waals surface area contributed by atoms with Gasteiger partial charge in [0.25, 0.3) is 0 Å². The maximum absolute atomic E-state index is 5.56. The first-order chi connectivity index (χ1) is 8.85. The molecule has 3 rings (SSSR count). The molecule has 0 saturated carbocycles. The number of nitrogens with zero attached hydrogens (tertiary/aromatic N) is 1. The summed E-state index contributed by atoms with van der Waals surface area (Å²) in [6, 6.07) is 6.42. The molecular formula is C15H18N2O. The number of para-hydroxylation sites is 1. The second-order valence-electron chi connectivity index (χ2n) is 4.63. The third-order valence-corrected chi connectivity index (χ3v) is 3.65. The van der Waals surface area contributed by atoms with Crippen molar-refractivity contribution < 1.29 is 4.74 Å². The van der Waals surface area contributed by atoms with Gasteiger partial charge in [-0.1, -0.05) is 25.1 Å². The van der Waals surface area contributed by atoms with E-state index in [9.17, 15) is 0 Å². The van der Waals surface area contributed by atoms with Crippen molar-refractivity contribution in [2.45, 2.75) is 26.4 Å². The van der Waals surface area contributed by atoms with Crippen molar-refractivity contribution in [3.63, 3.8) is 0 Å². The average molecular weight is 242 g/mol. The summed E-state index contributed by atoms with van der Waals surface area (Å²) in [5, 5.41) is 4.54. The molecule has 18 heavy (non-hydrogen) atoms. The van der Waals surface area contributed by atoms with E-state index in [4.69, 9.17) is 9.72 Å². The highest BCUT2D eigenvalue weighted by Crippen LogP contribution is 2.32. The zero-order valence-corrected chi connectivity index (χ0v) is 10.9. The predicted molar refractivity (Wildman–Crippen MR) is 74.0 cm³/mol. The van der Waals surface area contributed by atoms with Gasteiger partial charge in [0.05, 0.1) is 30.1 Å². The number of rotatable bonds is 2. The first kappa shape index (κ1) is 11.5. The van der Waals surface area contributed by atoms with E-state index in [2.05, 4.69) is 30.4 Å². The average Bonchev–Trinajstić information content (AvgIpc) is 2.44. The summed E-state index contributed by atoms with van der Waals surface area (Å²) in [4.78, 5) is 4.88. The van der Waals surface area contributed by atoms with Crippen LogP contribution in [0, 0.1) is 0 Å². The molecule has 1 aromatic heterocycles. The van der Waals surface area contributed by atoms with Gasteiger partial charge < -0.3 is 10.1 Å². The smallest absolute Gasteiger partial charge is 0.0758 e. The van der Waals surface area contributed by atoms with Gasteiger partial charge in [0.2, 0.25) is 0 Å². The largest absolute Gasteiger partial charge is 0.387 e. The summed E-state index contributed by atoms with van der Waals surface area (Å²) in [6.45, 7) is 3.63. The lowest BCUT2D eigenvalue weighted by Crippen LogP contribution is -2.14. The van der Waals surface area contributed by atoms with Crippen molar-refractivity contribution in [3.8, 4) is 0 Å². The Morgan fingerprint density at radius 3 is 3.06 bits per heavy atom. The van der Waals surface area contributed by atoms with E-state index in [-0.39, 0.29) is 0 Å². The van der Waals surface area contributed by atoms with E-state index in [1.165, 1.54) is 27.9 Å². The fourth-order valence-corrected chi connectivity index (χ4v) is 2.71. The minimum Gasteiger partial charge on any atom is -0.387 e. The number of ether oxygens (including phenoxy) is 1. The first-order valence-electron chi connectivity index (χ1n) is 6.54. The van der Waals surface area contributed by atoms with Crippen molar-refractivity contribution in [1.82, 2.24) is 4.98 Å². The third kappa shape index (κ3) is 1.66. The molecule has 0 bridgehead atoms. The SMILES string of the molecule is CCc1cccc2c(NC)c3c(nc12)CCOC3. The summed E-state index contributed by atoms with van der Waals surface area (Å²) >= 11 is 0. The Kier molecular flexibility index (Phi) is 2.92. The summed E-state index contributed by atoms with van der Waals surface area (Å²) in [6.07, 6.45) is 1.93. The molecule has 0 unspecified atom stereocenters. The van der Waals surface area contributed by atoms with E-state index in [1.54, 1.807) is 0 Å². The molecule has 0 amide bonds. The van der Waals surface area contributed by atoms with Crippen LogP contribution >= 0.6 is 0 Å². The van der Waals surface area contributed by atoms with E-state index >= 15 is 0 Å². The van der Waals surface area contributed by atoms with Gasteiger partial charge in [-0.25, -0.2) is 0 Å². The molecule has 0 fully saturated rings. The van der Waals surface area contributed by atoms with Crippen molar-refractivity contribution in [3.05, 3.63) is 35.0 Å². The molecule has 3 nitrogen and oxygen atoms in total. The fraction of sp³-hybridized carbons (Fsp3) is 0.400. The summed E-state index contributed by atoms with van der Waals surface area (Å²) < 4.78 is 5.56. The van der Waals surface area contributed by atoms with Crippen LogP contribution in [-0.4, -0.2) is 18.6 Å². The number of aryl methyl sites for hydroxylation is 1. The topological polar surface area (TPSA) is 34.2 Å². The molecule has 1 aliphatic rings. The lowest BCUT2D eigenvalue weighted by Gasteiger charge is -2.21. The Hall–Kier alpha value is -1.61. The van der Waals surface area contributed by atoms with Crippen LogP contribution in [0.4, 0.5) is 5.69 Å². The Bertz CT molecular complexity index is 593. The van der Waals surface area contributed by atoms with Gasteiger partial charge >= 0.3 is 0 Å². The van der Waals surface area contributed by atoms with Crippen LogP contribution in [0.2, 0.25) is 0 Å². The van der Waals surface area contributed by atoms with E-state index < -0.39 is 0 Å². The molecule has 1 aromatic carbocycles. The predicted octanol–water partition coefficient (Wildman–Crippen LogP) is 2.91. The molecule has 0 spiro atoms. The van der Waals surface area contributed by atoms with Crippen LogP contribution in [0.1, 0.15) is 23.7 Å². The highest BCUT2D eigenvalue weighted by atomic mass is 16.5. The van der Waals surface area contributed by atoms with Gasteiger partial charge in [-0.2, -0.15) is 0 Å². The van der Waals surface area contributed by atoms with E-state index in [0.29, 0.717) is 6.61 Å². The van der Waals surface area contributed by atoms with Crippen LogP contribution in [-0.2, 0) is 24.2 Å². The standard InChI is InChI=1S/C15H18N2O/c1-3-10-5-4-6-11-14(10)17-13-7-8-18-9-12(13)15(11)16-2/h4-6H,3,7-9H2,1-2H3,(H,16,17). The van der Waals surface area contributed by atoms with Crippen LogP contribution in [0.3, 0.4) is 0 Å². The van der Waals surface area contributed by atoms with Gasteiger partial charge in [-0.05, 0) is 12.0 Å². The number of fused-ring (bicyclic) bond motifs is 2. The lowest BCUT2D eigenvalue weighted by atomic mass is 10.00. The number of anilines is 1. The molecule has 1 N–H and O–H groups in total. The third-order valence-electron chi connectivity index (χ3n) is 3.65. The van der Waals surface area contributed by atoms with Gasteiger partial charge in [-0.3, -0.25) is 4.98 Å². The fourth-order valence-electron chi connectivity index (χ4n) is 2.71. The highest BCUT2D eigenvalue weighted by Gasteiger charge is 2.18. The quantitative estimate of drug-likeness (QED) is 0.879. The molecule has 1 aliphatic heterocycles. The number of hydrogen-bond acceptors (Lipinski definition) is 3. The zero-order valence-electron chi connectivity index (χ0n) is 10.9. The summed E-state index contributed by atoms with van der Waals surface area (Å²) in [5.74, 6) is 0. The summed E-state index contributed by atoms with van der Waals surface area (Å²) in [5.41, 5.74) is 6.07. The number of nitrogens with one attached hydrogen (secondary N) is 1.